The Balaban J connectivity index is 1.55. The summed E-state index contributed by atoms with van der Waals surface area (Å²) in [5.41, 5.74) is 13.6. The molecule has 46 heavy (non-hydrogen) atoms. The molecule has 0 aliphatic carbocycles. The maximum Gasteiger partial charge on any atom is 0.328 e. The van der Waals surface area contributed by atoms with Gasteiger partial charge in [-0.1, -0.05) is 25.5 Å². The minimum Gasteiger partial charge on any atom is -0.467 e. The molecule has 8 N–H and O–H groups in total. The van der Waals surface area contributed by atoms with Crippen LogP contribution in [0.5, 0.6) is 0 Å². The summed E-state index contributed by atoms with van der Waals surface area (Å²) >= 11 is 1.32. The van der Waals surface area contributed by atoms with Gasteiger partial charge in [0, 0.05) is 37.1 Å². The Morgan fingerprint density at radius 3 is 2.57 bits per heavy atom. The maximum atomic E-state index is 12.7. The van der Waals surface area contributed by atoms with Gasteiger partial charge in [0.1, 0.15) is 18.2 Å². The summed E-state index contributed by atoms with van der Waals surface area (Å²) in [6.45, 7) is 4.45. The smallest absolute Gasteiger partial charge is 0.328 e. The molecule has 0 aliphatic heterocycles. The van der Waals surface area contributed by atoms with Crippen molar-refractivity contribution in [2.24, 2.45) is 5.73 Å². The number of nitrogens with two attached hydrogens (primary N) is 2. The number of nitrogens with one attached hydrogen (secondary N) is 4. The molecule has 0 spiro atoms. The molecule has 1 aromatic carbocycles. The van der Waals surface area contributed by atoms with Gasteiger partial charge < -0.3 is 41.9 Å². The predicted octanol–water partition coefficient (Wildman–Crippen LogP) is 0.962. The van der Waals surface area contributed by atoms with Crippen molar-refractivity contribution in [2.75, 3.05) is 48.1 Å². The zero-order valence-corrected chi connectivity index (χ0v) is 26.9. The van der Waals surface area contributed by atoms with Gasteiger partial charge in [0.15, 0.2) is 11.5 Å². The number of amides is 2. The highest BCUT2D eigenvalue weighted by Crippen LogP contribution is 2.18. The lowest BCUT2D eigenvalue weighted by Crippen LogP contribution is -2.50. The SMILES string of the molecule is CCCCNc1nc(N)c2[nH]c(=O)n(Cc3ccc(NC(=O)CC[C@H](NC(=O)[C@@H](N)CSCCOC(C)=O)C(=O)OC)cc3)c2n1. The van der Waals surface area contributed by atoms with Crippen molar-refractivity contribution in [3.05, 3.63) is 40.3 Å². The third-order valence-electron chi connectivity index (χ3n) is 6.67. The number of nitrogen functional groups attached to an aromatic ring is 1. The fraction of sp³-hybridized carbons (Fsp3) is 0.483. The first-order valence-electron chi connectivity index (χ1n) is 14.8. The molecule has 2 atom stereocenters. The molecule has 2 heterocycles. The number of thioether (sulfide) groups is 1. The van der Waals surface area contributed by atoms with Crippen molar-refractivity contribution in [1.82, 2.24) is 24.8 Å². The van der Waals surface area contributed by atoms with Gasteiger partial charge in [-0.05, 0) is 30.5 Å². The van der Waals surface area contributed by atoms with Crippen LogP contribution in [-0.2, 0) is 35.2 Å². The van der Waals surface area contributed by atoms with E-state index in [1.165, 1.54) is 30.4 Å². The maximum absolute atomic E-state index is 12.7. The molecule has 250 valence electrons. The van der Waals surface area contributed by atoms with Crippen molar-refractivity contribution in [3.8, 4) is 0 Å². The number of H-pyrrole nitrogens is 1. The number of methoxy groups -OCH3 is 1. The number of ether oxygens (including phenoxy) is 2. The lowest BCUT2D eigenvalue weighted by atomic mass is 10.1. The third-order valence-corrected chi connectivity index (χ3v) is 7.72. The average molecular weight is 660 g/mol. The predicted molar refractivity (Wildman–Crippen MR) is 175 cm³/mol. The number of aromatic amines is 1. The van der Waals surface area contributed by atoms with E-state index in [4.69, 9.17) is 20.9 Å². The van der Waals surface area contributed by atoms with Gasteiger partial charge in [-0.3, -0.25) is 19.0 Å². The van der Waals surface area contributed by atoms with E-state index in [-0.39, 0.29) is 49.2 Å². The number of hydrogen-bond donors (Lipinski definition) is 6. The molecule has 0 saturated heterocycles. The van der Waals surface area contributed by atoms with E-state index in [2.05, 4.69) is 37.8 Å². The standard InChI is InChI=1S/C29H41N9O7S/c1-4-5-12-32-28-36-24(31)23-25(37-28)38(29(43)35-23)15-18-6-8-19(9-7-18)33-22(40)11-10-21(27(42)44-3)34-26(41)20(30)16-46-14-13-45-17(2)39/h6-9,20-21H,4-5,10-16,30H2,1-3H3,(H,33,40)(H,34,41)(H,35,43)(H3,31,32,36,37)/t20-,21-/m0/s1. The minimum atomic E-state index is -1.07. The number of imidazole rings is 1. The van der Waals surface area contributed by atoms with E-state index < -0.39 is 29.9 Å². The van der Waals surface area contributed by atoms with E-state index in [0.717, 1.165) is 18.4 Å². The zero-order valence-electron chi connectivity index (χ0n) is 26.1. The van der Waals surface area contributed by atoms with Crippen molar-refractivity contribution < 1.29 is 28.7 Å². The number of hydrogen-bond acceptors (Lipinski definition) is 13. The van der Waals surface area contributed by atoms with Crippen molar-refractivity contribution in [2.45, 2.75) is 58.2 Å². The van der Waals surface area contributed by atoms with Crippen LogP contribution in [0.1, 0.15) is 45.1 Å². The van der Waals surface area contributed by atoms with Crippen LogP contribution >= 0.6 is 11.8 Å². The van der Waals surface area contributed by atoms with Crippen LogP contribution in [0.3, 0.4) is 0 Å². The molecule has 2 aromatic heterocycles. The Hall–Kier alpha value is -4.64. The molecule has 3 aromatic rings. The van der Waals surface area contributed by atoms with E-state index in [1.807, 2.05) is 0 Å². The van der Waals surface area contributed by atoms with Crippen LogP contribution in [0.15, 0.2) is 29.1 Å². The molecule has 0 bridgehead atoms. The number of carbonyl (C=O) groups is 4. The number of nitrogens with zero attached hydrogens (tertiary/aromatic N) is 3. The highest BCUT2D eigenvalue weighted by atomic mass is 32.2. The van der Waals surface area contributed by atoms with Gasteiger partial charge in [0.2, 0.25) is 17.8 Å². The summed E-state index contributed by atoms with van der Waals surface area (Å²) in [7, 11) is 1.18. The van der Waals surface area contributed by atoms with Crippen LogP contribution < -0.4 is 33.1 Å². The number of anilines is 3. The molecular formula is C29H41N9O7S. The quantitative estimate of drug-likeness (QED) is 0.0825. The van der Waals surface area contributed by atoms with Gasteiger partial charge in [-0.2, -0.15) is 21.7 Å². The zero-order chi connectivity index (χ0) is 33.6. The van der Waals surface area contributed by atoms with Crippen LogP contribution in [-0.4, -0.2) is 87.1 Å². The number of unbranched alkanes of at least 4 members (excludes halogenated alkanes) is 1. The van der Waals surface area contributed by atoms with Crippen LogP contribution in [0, 0.1) is 0 Å². The normalized spacial score (nSPS) is 12.3. The van der Waals surface area contributed by atoms with Gasteiger partial charge in [-0.25, -0.2) is 9.59 Å². The highest BCUT2D eigenvalue weighted by Gasteiger charge is 2.25. The fourth-order valence-electron chi connectivity index (χ4n) is 4.23. The summed E-state index contributed by atoms with van der Waals surface area (Å²) in [6, 6.07) is 4.90. The fourth-order valence-corrected chi connectivity index (χ4v) is 5.00. The Labute approximate surface area is 269 Å². The second kappa shape index (κ2) is 17.7. The monoisotopic (exact) mass is 659 g/mol. The number of esters is 2. The number of fused-ring (bicyclic) bond motifs is 1. The summed E-state index contributed by atoms with van der Waals surface area (Å²) in [4.78, 5) is 72.4. The summed E-state index contributed by atoms with van der Waals surface area (Å²) in [5, 5.41) is 8.42. The highest BCUT2D eigenvalue weighted by molar-refractivity contribution is 7.99. The Morgan fingerprint density at radius 2 is 1.89 bits per heavy atom. The molecule has 16 nitrogen and oxygen atoms in total. The third kappa shape index (κ3) is 10.8. The van der Waals surface area contributed by atoms with Crippen molar-refractivity contribution in [1.29, 1.82) is 0 Å². The molecule has 0 aliphatic rings. The molecule has 17 heteroatoms. The Kier molecular flexibility index (Phi) is 13.8. The van der Waals surface area contributed by atoms with Crippen LogP contribution in [0.4, 0.5) is 17.5 Å². The lowest BCUT2D eigenvalue weighted by molar-refractivity contribution is -0.145. The minimum absolute atomic E-state index is 0.0155. The first kappa shape index (κ1) is 35.8. The second-order valence-corrected chi connectivity index (χ2v) is 11.5. The molecule has 2 amide bonds. The number of aromatic nitrogens is 4. The second-order valence-electron chi connectivity index (χ2n) is 10.3. The Bertz CT molecular complexity index is 1560. The van der Waals surface area contributed by atoms with E-state index in [1.54, 1.807) is 24.3 Å². The van der Waals surface area contributed by atoms with Crippen molar-refractivity contribution >= 4 is 64.1 Å². The van der Waals surface area contributed by atoms with Crippen LogP contribution in [0.2, 0.25) is 0 Å². The lowest BCUT2D eigenvalue weighted by Gasteiger charge is -2.19. The summed E-state index contributed by atoms with van der Waals surface area (Å²) in [6.07, 6.45) is 1.83. The molecule has 3 rings (SSSR count). The summed E-state index contributed by atoms with van der Waals surface area (Å²) in [5.74, 6) is -0.839. The molecular weight excluding hydrogens is 618 g/mol. The molecule has 0 fully saturated rings. The van der Waals surface area contributed by atoms with Gasteiger partial charge in [-0.15, -0.1) is 0 Å². The molecule has 0 saturated carbocycles. The van der Waals surface area contributed by atoms with Gasteiger partial charge >= 0.3 is 17.6 Å². The topological polar surface area (TPSA) is 238 Å². The average Bonchev–Trinajstić information content (AvgIpc) is 3.34. The number of rotatable bonds is 18. The van der Waals surface area contributed by atoms with Gasteiger partial charge in [0.25, 0.3) is 0 Å². The molecule has 0 unspecified atom stereocenters. The molecule has 0 radical (unpaired) electrons. The first-order chi connectivity index (χ1) is 22.0. The van der Waals surface area contributed by atoms with E-state index in [0.29, 0.717) is 35.1 Å². The van der Waals surface area contributed by atoms with E-state index in [9.17, 15) is 24.0 Å². The van der Waals surface area contributed by atoms with Gasteiger partial charge in [0.05, 0.1) is 19.7 Å². The number of benzene rings is 1. The van der Waals surface area contributed by atoms with E-state index >= 15 is 0 Å². The number of carbonyl (C=O) groups excluding carboxylic acids is 4. The van der Waals surface area contributed by atoms with Crippen LogP contribution in [0.25, 0.3) is 11.2 Å². The largest absolute Gasteiger partial charge is 0.467 e. The van der Waals surface area contributed by atoms with Crippen molar-refractivity contribution in [3.63, 3.8) is 0 Å². The summed E-state index contributed by atoms with van der Waals surface area (Å²) < 4.78 is 11.1. The Morgan fingerprint density at radius 1 is 1.15 bits per heavy atom. The first-order valence-corrected chi connectivity index (χ1v) is 15.9.